The van der Waals surface area contributed by atoms with Gasteiger partial charge in [0.25, 0.3) is 0 Å². The minimum absolute atomic E-state index is 0.0450. The number of carbonyl (C=O) groups is 1. The van der Waals surface area contributed by atoms with Crippen LogP contribution in [0.25, 0.3) is 21.9 Å². The van der Waals surface area contributed by atoms with Crippen molar-refractivity contribution in [2.45, 2.75) is 19.3 Å². The molecule has 4 aromatic rings. The maximum Gasteiger partial charge on any atom is 0.223 e. The number of anilines is 2. The zero-order valence-electron chi connectivity index (χ0n) is 16.2. The molecule has 1 amide bonds. The molecule has 4 N–H and O–H groups in total. The quantitative estimate of drug-likeness (QED) is 0.424. The highest BCUT2D eigenvalue weighted by molar-refractivity contribution is 5.96. The zero-order chi connectivity index (χ0) is 20.0. The molecule has 3 heterocycles. The van der Waals surface area contributed by atoms with Crippen LogP contribution in [0.1, 0.15) is 17.7 Å². The van der Waals surface area contributed by atoms with E-state index in [1.807, 2.05) is 12.1 Å². The van der Waals surface area contributed by atoms with Gasteiger partial charge in [0.05, 0.1) is 29.9 Å². The summed E-state index contributed by atoms with van der Waals surface area (Å²) in [6, 6.07) is 3.87. The smallest absolute Gasteiger partial charge is 0.223 e. The summed E-state index contributed by atoms with van der Waals surface area (Å²) in [5.74, 6) is 1.40. The number of nitrogens with zero attached hydrogens (tertiary/aromatic N) is 3. The number of benzene rings is 1. The van der Waals surface area contributed by atoms with Gasteiger partial charge in [-0.05, 0) is 30.9 Å². The fourth-order valence-corrected chi connectivity index (χ4v) is 4.13. The van der Waals surface area contributed by atoms with E-state index in [2.05, 4.69) is 35.8 Å². The van der Waals surface area contributed by atoms with Gasteiger partial charge in [0.15, 0.2) is 0 Å². The van der Waals surface area contributed by atoms with E-state index < -0.39 is 0 Å². The Labute approximate surface area is 166 Å². The molecule has 5 rings (SSSR count). The molecule has 0 radical (unpaired) electrons. The molecular formula is C20H21N7O2. The first-order valence-electron chi connectivity index (χ1n) is 9.52. The number of carbonyl (C=O) groups excluding carboxylic acids is 1. The van der Waals surface area contributed by atoms with Gasteiger partial charge in [-0.1, -0.05) is 0 Å². The van der Waals surface area contributed by atoms with Crippen LogP contribution in [0, 0.1) is 5.92 Å². The highest BCUT2D eigenvalue weighted by Gasteiger charge is 2.28. The van der Waals surface area contributed by atoms with E-state index in [-0.39, 0.29) is 11.8 Å². The summed E-state index contributed by atoms with van der Waals surface area (Å²) in [5, 5.41) is 15.1. The van der Waals surface area contributed by atoms with Crippen LogP contribution >= 0.6 is 0 Å². The molecule has 3 aromatic heterocycles. The molecular weight excluding hydrogens is 370 g/mol. The molecule has 148 valence electrons. The summed E-state index contributed by atoms with van der Waals surface area (Å²) in [4.78, 5) is 24.5. The summed E-state index contributed by atoms with van der Waals surface area (Å²) in [7, 11) is 3.31. The normalized spacial score (nSPS) is 16.0. The van der Waals surface area contributed by atoms with E-state index in [9.17, 15) is 4.79 Å². The summed E-state index contributed by atoms with van der Waals surface area (Å²) in [5.41, 5.74) is 4.68. The van der Waals surface area contributed by atoms with Gasteiger partial charge >= 0.3 is 0 Å². The van der Waals surface area contributed by atoms with Crippen LogP contribution in [-0.4, -0.2) is 45.2 Å². The molecule has 9 heteroatoms. The largest absolute Gasteiger partial charge is 0.494 e. The third-order valence-electron chi connectivity index (χ3n) is 5.61. The second kappa shape index (κ2) is 6.77. The number of rotatable bonds is 4. The third kappa shape index (κ3) is 2.86. The van der Waals surface area contributed by atoms with Crippen molar-refractivity contribution in [1.29, 1.82) is 0 Å². The molecule has 0 bridgehead atoms. The first-order valence-corrected chi connectivity index (χ1v) is 9.52. The number of aryl methyl sites for hydroxylation is 1. The number of hydrogen-bond acceptors (Lipinski definition) is 6. The minimum Gasteiger partial charge on any atom is -0.494 e. The Balaban J connectivity index is 1.60. The van der Waals surface area contributed by atoms with Gasteiger partial charge in [-0.25, -0.2) is 9.97 Å². The first kappa shape index (κ1) is 17.5. The van der Waals surface area contributed by atoms with Gasteiger partial charge in [0.2, 0.25) is 5.91 Å². The monoisotopic (exact) mass is 391 g/mol. The van der Waals surface area contributed by atoms with Crippen LogP contribution in [0.15, 0.2) is 24.7 Å². The van der Waals surface area contributed by atoms with E-state index in [1.54, 1.807) is 20.4 Å². The lowest BCUT2D eigenvalue weighted by molar-refractivity contribution is -0.124. The summed E-state index contributed by atoms with van der Waals surface area (Å²) in [6.45, 7) is 0. The van der Waals surface area contributed by atoms with Crippen LogP contribution in [0.5, 0.6) is 5.75 Å². The molecule has 1 aliphatic carbocycles. The van der Waals surface area contributed by atoms with Gasteiger partial charge in [0.1, 0.15) is 23.5 Å². The standard InChI is InChI=1S/C20H21N7O2/c1-21-20(28)10-3-4-13-12(5-10)17-18(25-13)22-9-23-19(17)26-15-6-11-8-24-27-14(11)7-16(15)29-2/h6-10H,3-5H2,1-2H3,(H,21,28)(H,24,27)(H2,22,23,25,26)/t10-/m0/s1. The molecule has 0 fully saturated rings. The molecule has 0 unspecified atom stereocenters. The van der Waals surface area contributed by atoms with E-state index in [4.69, 9.17) is 4.74 Å². The molecule has 0 aliphatic heterocycles. The maximum atomic E-state index is 12.2. The molecule has 1 aromatic carbocycles. The average molecular weight is 391 g/mol. The summed E-state index contributed by atoms with van der Waals surface area (Å²) in [6.07, 6.45) is 5.59. The molecule has 0 spiro atoms. The van der Waals surface area contributed by atoms with Crippen molar-refractivity contribution in [3.05, 3.63) is 35.9 Å². The topological polar surface area (TPSA) is 121 Å². The van der Waals surface area contributed by atoms with Gasteiger partial charge in [-0.2, -0.15) is 5.10 Å². The number of amides is 1. The molecule has 0 saturated heterocycles. The van der Waals surface area contributed by atoms with E-state index >= 15 is 0 Å². The number of H-pyrrole nitrogens is 2. The number of nitrogens with one attached hydrogen (secondary N) is 4. The summed E-state index contributed by atoms with van der Waals surface area (Å²) >= 11 is 0. The van der Waals surface area contributed by atoms with Crippen molar-refractivity contribution in [2.75, 3.05) is 19.5 Å². The van der Waals surface area contributed by atoms with Crippen LogP contribution in [0.2, 0.25) is 0 Å². The predicted molar refractivity (Wildman–Crippen MR) is 109 cm³/mol. The van der Waals surface area contributed by atoms with Crippen LogP contribution < -0.4 is 15.4 Å². The van der Waals surface area contributed by atoms with Crippen molar-refractivity contribution in [1.82, 2.24) is 30.5 Å². The number of methoxy groups -OCH3 is 1. The van der Waals surface area contributed by atoms with Gasteiger partial charge < -0.3 is 20.4 Å². The van der Waals surface area contributed by atoms with Gasteiger partial charge in [-0.15, -0.1) is 0 Å². The van der Waals surface area contributed by atoms with Crippen molar-refractivity contribution in [3.8, 4) is 5.75 Å². The highest BCUT2D eigenvalue weighted by Crippen LogP contribution is 2.37. The Morgan fingerprint density at radius 1 is 1.31 bits per heavy atom. The Morgan fingerprint density at radius 2 is 2.21 bits per heavy atom. The molecule has 0 saturated carbocycles. The first-order chi connectivity index (χ1) is 14.2. The van der Waals surface area contributed by atoms with Crippen molar-refractivity contribution in [3.63, 3.8) is 0 Å². The highest BCUT2D eigenvalue weighted by atomic mass is 16.5. The second-order valence-corrected chi connectivity index (χ2v) is 7.22. The average Bonchev–Trinajstić information content (AvgIpc) is 3.36. The fraction of sp³-hybridized carbons (Fsp3) is 0.300. The maximum absolute atomic E-state index is 12.2. The van der Waals surface area contributed by atoms with Crippen molar-refractivity contribution >= 4 is 39.3 Å². The van der Waals surface area contributed by atoms with Gasteiger partial charge in [0, 0.05) is 30.1 Å². The Hall–Kier alpha value is -3.62. The van der Waals surface area contributed by atoms with Crippen molar-refractivity contribution in [2.24, 2.45) is 5.92 Å². The molecule has 9 nitrogen and oxygen atoms in total. The SMILES string of the molecule is CNC(=O)[C@H]1CCc2[nH]c3ncnc(Nc4cc5cn[nH]c5cc4OC)c3c2C1. The lowest BCUT2D eigenvalue weighted by Crippen LogP contribution is -2.31. The van der Waals surface area contributed by atoms with E-state index in [1.165, 1.54) is 6.33 Å². The fourth-order valence-electron chi connectivity index (χ4n) is 4.13. The lowest BCUT2D eigenvalue weighted by atomic mass is 9.86. The number of hydrogen-bond donors (Lipinski definition) is 4. The Bertz CT molecular complexity index is 1230. The van der Waals surface area contributed by atoms with Crippen LogP contribution in [-0.2, 0) is 17.6 Å². The predicted octanol–water partition coefficient (Wildman–Crippen LogP) is 2.44. The third-order valence-corrected chi connectivity index (χ3v) is 5.61. The Morgan fingerprint density at radius 3 is 3.03 bits per heavy atom. The number of aromatic amines is 2. The van der Waals surface area contributed by atoms with Crippen LogP contribution in [0.4, 0.5) is 11.5 Å². The zero-order valence-corrected chi connectivity index (χ0v) is 16.2. The summed E-state index contributed by atoms with van der Waals surface area (Å²) < 4.78 is 5.55. The number of ether oxygens (including phenoxy) is 1. The minimum atomic E-state index is -0.0450. The Kier molecular flexibility index (Phi) is 4.08. The molecule has 1 atom stereocenters. The van der Waals surface area contributed by atoms with Crippen molar-refractivity contribution < 1.29 is 9.53 Å². The lowest BCUT2D eigenvalue weighted by Gasteiger charge is -2.21. The van der Waals surface area contributed by atoms with Gasteiger partial charge in [-0.3, -0.25) is 9.89 Å². The van der Waals surface area contributed by atoms with E-state index in [0.717, 1.165) is 51.7 Å². The second-order valence-electron chi connectivity index (χ2n) is 7.22. The number of aromatic nitrogens is 5. The molecule has 29 heavy (non-hydrogen) atoms. The number of fused-ring (bicyclic) bond motifs is 4. The van der Waals surface area contributed by atoms with E-state index in [0.29, 0.717) is 18.0 Å². The van der Waals surface area contributed by atoms with Crippen LogP contribution in [0.3, 0.4) is 0 Å². The molecule has 1 aliphatic rings.